The Morgan fingerprint density at radius 2 is 1.74 bits per heavy atom. The van der Waals surface area contributed by atoms with Crippen LogP contribution in [-0.2, 0) is 17.0 Å². The lowest BCUT2D eigenvalue weighted by Gasteiger charge is -2.07. The van der Waals surface area contributed by atoms with Crippen molar-refractivity contribution in [2.24, 2.45) is 0 Å². The maximum Gasteiger partial charge on any atom is 0.230 e. The molecule has 1 amide bonds. The van der Waals surface area contributed by atoms with E-state index in [-0.39, 0.29) is 5.91 Å². The second-order valence-electron chi connectivity index (χ2n) is 5.59. The van der Waals surface area contributed by atoms with Gasteiger partial charge in [0.1, 0.15) is 11.5 Å². The number of hydrogen-bond donors (Lipinski definition) is 1. The molecule has 3 aromatic rings. The molecule has 1 heterocycles. The highest BCUT2D eigenvalue weighted by Crippen LogP contribution is 2.31. The van der Waals surface area contributed by atoms with Gasteiger partial charge < -0.3 is 14.8 Å². The van der Waals surface area contributed by atoms with Crippen LogP contribution in [0.3, 0.4) is 0 Å². The molecule has 0 aliphatic rings. The van der Waals surface area contributed by atoms with Gasteiger partial charge in [-0.3, -0.25) is 4.79 Å². The topological polar surface area (TPSA) is 73.3 Å². The standard InChI is InChI=1S/C19H19N3O3S2/c1-24-15-8-14(9-16(11-15)25-2)12-26-19-22-21-18(27-19)20-17(23)10-13-6-4-3-5-7-13/h3-9,11H,10,12H2,1-2H3,(H,20,21,23). The lowest BCUT2D eigenvalue weighted by atomic mass is 10.1. The van der Waals surface area contributed by atoms with E-state index in [0.29, 0.717) is 17.3 Å². The molecule has 0 radical (unpaired) electrons. The van der Waals surface area contributed by atoms with Crippen molar-refractivity contribution in [1.29, 1.82) is 0 Å². The Labute approximate surface area is 165 Å². The number of carbonyl (C=O) groups is 1. The maximum absolute atomic E-state index is 12.1. The number of thioether (sulfide) groups is 1. The summed E-state index contributed by atoms with van der Waals surface area (Å²) in [4.78, 5) is 12.1. The fraction of sp³-hybridized carbons (Fsp3) is 0.211. The third kappa shape index (κ3) is 5.70. The van der Waals surface area contributed by atoms with Crippen LogP contribution in [0.2, 0.25) is 0 Å². The van der Waals surface area contributed by atoms with Crippen molar-refractivity contribution in [1.82, 2.24) is 10.2 Å². The molecule has 0 spiro atoms. The molecule has 0 unspecified atom stereocenters. The zero-order valence-corrected chi connectivity index (χ0v) is 16.6. The average molecular weight is 402 g/mol. The van der Waals surface area contributed by atoms with Crippen LogP contribution in [0.4, 0.5) is 5.13 Å². The van der Waals surface area contributed by atoms with Gasteiger partial charge in [0.2, 0.25) is 11.0 Å². The maximum atomic E-state index is 12.1. The minimum absolute atomic E-state index is 0.105. The highest BCUT2D eigenvalue weighted by molar-refractivity contribution is 8.00. The summed E-state index contributed by atoms with van der Waals surface area (Å²) in [6, 6.07) is 15.3. The number of rotatable bonds is 8. The van der Waals surface area contributed by atoms with Gasteiger partial charge in [-0.25, -0.2) is 0 Å². The van der Waals surface area contributed by atoms with E-state index in [2.05, 4.69) is 15.5 Å². The smallest absolute Gasteiger partial charge is 0.230 e. The molecule has 6 nitrogen and oxygen atoms in total. The fourth-order valence-corrected chi connectivity index (χ4v) is 4.06. The van der Waals surface area contributed by atoms with Crippen LogP contribution in [0.25, 0.3) is 0 Å². The van der Waals surface area contributed by atoms with Gasteiger partial charge in [-0.1, -0.05) is 53.4 Å². The molecule has 0 atom stereocenters. The molecular weight excluding hydrogens is 382 g/mol. The molecule has 0 saturated carbocycles. The first kappa shape index (κ1) is 19.2. The zero-order valence-electron chi connectivity index (χ0n) is 15.0. The van der Waals surface area contributed by atoms with Crippen LogP contribution in [0.15, 0.2) is 52.9 Å². The van der Waals surface area contributed by atoms with Crippen LogP contribution in [0.5, 0.6) is 11.5 Å². The molecule has 27 heavy (non-hydrogen) atoms. The Morgan fingerprint density at radius 3 is 2.41 bits per heavy atom. The zero-order chi connectivity index (χ0) is 19.1. The van der Waals surface area contributed by atoms with Crippen molar-refractivity contribution in [3.63, 3.8) is 0 Å². The average Bonchev–Trinajstić information content (AvgIpc) is 3.14. The van der Waals surface area contributed by atoms with Crippen molar-refractivity contribution in [3.05, 3.63) is 59.7 Å². The number of ether oxygens (including phenoxy) is 2. The van der Waals surface area contributed by atoms with Gasteiger partial charge >= 0.3 is 0 Å². The predicted octanol–water partition coefficient (Wildman–Crippen LogP) is 4.03. The largest absolute Gasteiger partial charge is 0.497 e. The van der Waals surface area contributed by atoms with E-state index < -0.39 is 0 Å². The Morgan fingerprint density at radius 1 is 1.04 bits per heavy atom. The van der Waals surface area contributed by atoms with E-state index in [0.717, 1.165) is 27.0 Å². The predicted molar refractivity (Wildman–Crippen MR) is 108 cm³/mol. The lowest BCUT2D eigenvalue weighted by molar-refractivity contribution is -0.115. The second-order valence-corrected chi connectivity index (χ2v) is 7.79. The third-order valence-corrected chi connectivity index (χ3v) is 5.68. The van der Waals surface area contributed by atoms with Crippen LogP contribution in [0.1, 0.15) is 11.1 Å². The molecule has 140 valence electrons. The molecule has 0 bridgehead atoms. The summed E-state index contributed by atoms with van der Waals surface area (Å²) in [5, 5.41) is 11.5. The Kier molecular flexibility index (Phi) is 6.67. The molecule has 1 N–H and O–H groups in total. The number of anilines is 1. The SMILES string of the molecule is COc1cc(CSc2nnc(NC(=O)Cc3ccccc3)s2)cc(OC)c1. The number of nitrogens with zero attached hydrogens (tertiary/aromatic N) is 2. The van der Waals surface area contributed by atoms with E-state index in [1.165, 1.54) is 11.3 Å². The van der Waals surface area contributed by atoms with Crippen molar-refractivity contribution < 1.29 is 14.3 Å². The highest BCUT2D eigenvalue weighted by atomic mass is 32.2. The number of amides is 1. The van der Waals surface area contributed by atoms with Gasteiger partial charge in [0, 0.05) is 11.8 Å². The Hall–Kier alpha value is -2.58. The van der Waals surface area contributed by atoms with Crippen LogP contribution in [0, 0.1) is 0 Å². The first-order valence-corrected chi connectivity index (χ1v) is 9.98. The number of hydrogen-bond acceptors (Lipinski definition) is 7. The van der Waals surface area contributed by atoms with Gasteiger partial charge in [-0.15, -0.1) is 10.2 Å². The molecule has 8 heteroatoms. The van der Waals surface area contributed by atoms with E-state index in [1.54, 1.807) is 26.0 Å². The summed E-state index contributed by atoms with van der Waals surface area (Å²) in [5.41, 5.74) is 2.02. The van der Waals surface area contributed by atoms with Gasteiger partial charge in [0.25, 0.3) is 0 Å². The summed E-state index contributed by atoms with van der Waals surface area (Å²) < 4.78 is 11.4. The van der Waals surface area contributed by atoms with E-state index >= 15 is 0 Å². The third-order valence-electron chi connectivity index (χ3n) is 3.63. The first-order valence-electron chi connectivity index (χ1n) is 8.18. The summed E-state index contributed by atoms with van der Waals surface area (Å²) in [6.45, 7) is 0. The summed E-state index contributed by atoms with van der Waals surface area (Å²) in [5.74, 6) is 2.08. The van der Waals surface area contributed by atoms with Gasteiger partial charge in [0.05, 0.1) is 20.6 Å². The van der Waals surface area contributed by atoms with Crippen molar-refractivity contribution in [2.45, 2.75) is 16.5 Å². The molecule has 0 aliphatic heterocycles. The Balaban J connectivity index is 1.56. The molecule has 3 rings (SSSR count). The molecule has 2 aromatic carbocycles. The minimum atomic E-state index is -0.105. The van der Waals surface area contributed by atoms with Crippen LogP contribution >= 0.6 is 23.1 Å². The van der Waals surface area contributed by atoms with E-state index in [1.807, 2.05) is 48.5 Å². The molecular formula is C19H19N3O3S2. The van der Waals surface area contributed by atoms with Crippen molar-refractivity contribution in [3.8, 4) is 11.5 Å². The van der Waals surface area contributed by atoms with Gasteiger partial charge in [-0.2, -0.15) is 0 Å². The van der Waals surface area contributed by atoms with Crippen LogP contribution in [-0.4, -0.2) is 30.3 Å². The monoisotopic (exact) mass is 401 g/mol. The number of benzene rings is 2. The number of aromatic nitrogens is 2. The molecule has 1 aromatic heterocycles. The second kappa shape index (κ2) is 9.38. The molecule has 0 saturated heterocycles. The quantitative estimate of drug-likeness (QED) is 0.454. The van der Waals surface area contributed by atoms with Crippen LogP contribution < -0.4 is 14.8 Å². The van der Waals surface area contributed by atoms with Crippen molar-refractivity contribution >= 4 is 34.1 Å². The van der Waals surface area contributed by atoms with E-state index in [4.69, 9.17) is 9.47 Å². The number of nitrogens with one attached hydrogen (secondary N) is 1. The summed E-state index contributed by atoms with van der Waals surface area (Å²) in [7, 11) is 3.25. The summed E-state index contributed by atoms with van der Waals surface area (Å²) >= 11 is 2.90. The number of methoxy groups -OCH3 is 2. The number of carbonyl (C=O) groups excluding carboxylic acids is 1. The summed E-state index contributed by atoms with van der Waals surface area (Å²) in [6.07, 6.45) is 0.312. The normalized spacial score (nSPS) is 10.4. The van der Waals surface area contributed by atoms with E-state index in [9.17, 15) is 4.79 Å². The minimum Gasteiger partial charge on any atom is -0.497 e. The van der Waals surface area contributed by atoms with Crippen molar-refractivity contribution in [2.75, 3.05) is 19.5 Å². The fourth-order valence-electron chi connectivity index (χ4n) is 2.36. The Bertz CT molecular complexity index is 878. The van der Waals surface area contributed by atoms with Gasteiger partial charge in [-0.05, 0) is 23.3 Å². The lowest BCUT2D eigenvalue weighted by Crippen LogP contribution is -2.14. The molecule has 0 aliphatic carbocycles. The van der Waals surface area contributed by atoms with Gasteiger partial charge in [0.15, 0.2) is 4.34 Å². The first-order chi connectivity index (χ1) is 13.2. The molecule has 0 fully saturated rings. The highest BCUT2D eigenvalue weighted by Gasteiger charge is 2.10.